The second-order valence-corrected chi connectivity index (χ2v) is 7.51. The molecule has 1 heterocycles. The molecular formula is C21H23N3OS. The Kier molecular flexibility index (Phi) is 6.23. The van der Waals surface area contributed by atoms with Crippen molar-refractivity contribution in [1.82, 2.24) is 4.90 Å². The van der Waals surface area contributed by atoms with Crippen molar-refractivity contribution >= 4 is 29.1 Å². The third kappa shape index (κ3) is 4.61. The van der Waals surface area contributed by atoms with Crippen molar-refractivity contribution in [3.05, 3.63) is 71.3 Å². The number of thioether (sulfide) groups is 1. The monoisotopic (exact) mass is 365 g/mol. The summed E-state index contributed by atoms with van der Waals surface area (Å²) in [4.78, 5) is 14.5. The summed E-state index contributed by atoms with van der Waals surface area (Å²) in [5, 5.41) is 9.20. The molecule has 0 N–H and O–H groups in total. The summed E-state index contributed by atoms with van der Waals surface area (Å²) in [6.07, 6.45) is 3.56. The van der Waals surface area contributed by atoms with Gasteiger partial charge >= 0.3 is 0 Å². The van der Waals surface area contributed by atoms with Crippen molar-refractivity contribution in [3.8, 4) is 0 Å². The quantitative estimate of drug-likeness (QED) is 0.553. The largest absolute Gasteiger partial charge is 0.284 e. The molecule has 3 rings (SSSR count). The third-order valence-electron chi connectivity index (χ3n) is 4.18. The number of hydrogen-bond acceptors (Lipinski definition) is 4. The van der Waals surface area contributed by atoms with Gasteiger partial charge in [0.2, 0.25) is 5.91 Å². The van der Waals surface area contributed by atoms with Crippen molar-refractivity contribution in [2.45, 2.75) is 38.5 Å². The van der Waals surface area contributed by atoms with Crippen LogP contribution in [-0.2, 0) is 11.3 Å². The fourth-order valence-corrected chi connectivity index (χ4v) is 3.95. The molecule has 2 aromatic carbocycles. The lowest BCUT2D eigenvalue weighted by Crippen LogP contribution is -2.31. The molecule has 0 radical (unpaired) electrons. The SMILES string of the molecule is CCC[C@H]1S/C(=N\N=C/c2ccc(C)cc2)N(Cc2ccccc2)C1=O. The molecule has 1 aliphatic heterocycles. The van der Waals surface area contributed by atoms with Gasteiger partial charge in [0.15, 0.2) is 5.17 Å². The normalized spacial score (nSPS) is 19.0. The van der Waals surface area contributed by atoms with Crippen LogP contribution in [0.15, 0.2) is 64.8 Å². The average Bonchev–Trinajstić information content (AvgIpc) is 2.94. The topological polar surface area (TPSA) is 45.0 Å². The van der Waals surface area contributed by atoms with E-state index in [-0.39, 0.29) is 11.2 Å². The molecule has 1 atom stereocenters. The van der Waals surface area contributed by atoms with Crippen LogP contribution in [0.1, 0.15) is 36.5 Å². The van der Waals surface area contributed by atoms with Crippen LogP contribution < -0.4 is 0 Å². The van der Waals surface area contributed by atoms with E-state index in [4.69, 9.17) is 0 Å². The molecule has 4 nitrogen and oxygen atoms in total. The lowest BCUT2D eigenvalue weighted by Gasteiger charge is -2.15. The van der Waals surface area contributed by atoms with Gasteiger partial charge in [0.1, 0.15) is 0 Å². The summed E-state index contributed by atoms with van der Waals surface area (Å²) in [6.45, 7) is 4.68. The van der Waals surface area contributed by atoms with Crippen LogP contribution in [0, 0.1) is 6.92 Å². The first kappa shape index (κ1) is 18.4. The molecule has 0 spiro atoms. The number of amidine groups is 1. The molecule has 26 heavy (non-hydrogen) atoms. The standard InChI is InChI=1S/C21H23N3OS/c1-3-7-19-20(25)24(15-18-8-5-4-6-9-18)21(26-19)23-22-14-17-12-10-16(2)11-13-17/h4-6,8-14,19H,3,7,15H2,1-2H3/b22-14-,23-21-/t19-/m1/s1. The predicted molar refractivity (Wildman–Crippen MR) is 109 cm³/mol. The number of aryl methyl sites for hydroxylation is 1. The minimum atomic E-state index is -0.0583. The fourth-order valence-electron chi connectivity index (χ4n) is 2.74. The summed E-state index contributed by atoms with van der Waals surface area (Å²) >= 11 is 1.52. The maximum Gasteiger partial charge on any atom is 0.242 e. The summed E-state index contributed by atoms with van der Waals surface area (Å²) < 4.78 is 0. The number of carbonyl (C=O) groups is 1. The zero-order valence-electron chi connectivity index (χ0n) is 15.1. The van der Waals surface area contributed by atoms with E-state index in [1.54, 1.807) is 11.1 Å². The zero-order chi connectivity index (χ0) is 18.4. The number of nitrogens with zero attached hydrogens (tertiary/aromatic N) is 3. The first-order chi connectivity index (χ1) is 12.7. The Morgan fingerprint density at radius 3 is 2.54 bits per heavy atom. The third-order valence-corrected chi connectivity index (χ3v) is 5.42. The molecule has 0 aliphatic carbocycles. The minimum absolute atomic E-state index is 0.0583. The van der Waals surface area contributed by atoms with E-state index in [9.17, 15) is 4.79 Å². The highest BCUT2D eigenvalue weighted by atomic mass is 32.2. The van der Waals surface area contributed by atoms with Crippen LogP contribution in [0.5, 0.6) is 0 Å². The molecule has 1 saturated heterocycles. The Labute approximate surface area is 159 Å². The molecule has 134 valence electrons. The van der Waals surface area contributed by atoms with Gasteiger partial charge in [-0.25, -0.2) is 0 Å². The predicted octanol–water partition coefficient (Wildman–Crippen LogP) is 4.63. The minimum Gasteiger partial charge on any atom is -0.284 e. The van der Waals surface area contributed by atoms with Gasteiger partial charge in [0.05, 0.1) is 18.0 Å². The Bertz CT molecular complexity index is 800. The molecule has 1 amide bonds. The van der Waals surface area contributed by atoms with E-state index < -0.39 is 0 Å². The molecule has 0 aromatic heterocycles. The van der Waals surface area contributed by atoms with Crippen LogP contribution in [-0.4, -0.2) is 27.4 Å². The molecule has 1 fully saturated rings. The maximum atomic E-state index is 12.8. The Hall–Kier alpha value is -2.40. The fraction of sp³-hybridized carbons (Fsp3) is 0.286. The zero-order valence-corrected chi connectivity index (χ0v) is 15.9. The summed E-state index contributed by atoms with van der Waals surface area (Å²) in [7, 11) is 0. The number of carbonyl (C=O) groups excluding carboxylic acids is 1. The van der Waals surface area contributed by atoms with E-state index in [0.717, 1.165) is 24.0 Å². The van der Waals surface area contributed by atoms with Gasteiger partial charge in [-0.1, -0.05) is 85.3 Å². The number of rotatable bonds is 6. The van der Waals surface area contributed by atoms with Crippen molar-refractivity contribution < 1.29 is 4.79 Å². The summed E-state index contributed by atoms with van der Waals surface area (Å²) in [6, 6.07) is 18.1. The van der Waals surface area contributed by atoms with Crippen molar-refractivity contribution in [2.75, 3.05) is 0 Å². The Morgan fingerprint density at radius 1 is 1.12 bits per heavy atom. The molecule has 2 aromatic rings. The van der Waals surface area contributed by atoms with Gasteiger partial charge < -0.3 is 0 Å². The van der Waals surface area contributed by atoms with Gasteiger partial charge in [-0.2, -0.15) is 5.10 Å². The lowest BCUT2D eigenvalue weighted by atomic mass is 10.2. The maximum absolute atomic E-state index is 12.8. The Morgan fingerprint density at radius 2 is 1.85 bits per heavy atom. The average molecular weight is 366 g/mol. The molecule has 0 saturated carbocycles. The van der Waals surface area contributed by atoms with E-state index in [1.807, 2.05) is 54.6 Å². The highest BCUT2D eigenvalue weighted by molar-refractivity contribution is 8.15. The van der Waals surface area contributed by atoms with Crippen LogP contribution in [0.25, 0.3) is 0 Å². The summed E-state index contributed by atoms with van der Waals surface area (Å²) in [5.41, 5.74) is 3.30. The molecule has 0 unspecified atom stereocenters. The summed E-state index contributed by atoms with van der Waals surface area (Å²) in [5.74, 6) is 0.130. The van der Waals surface area contributed by atoms with Gasteiger partial charge in [-0.3, -0.25) is 9.69 Å². The Balaban J connectivity index is 1.79. The second kappa shape index (κ2) is 8.81. The van der Waals surface area contributed by atoms with Crippen molar-refractivity contribution in [1.29, 1.82) is 0 Å². The van der Waals surface area contributed by atoms with Gasteiger partial charge in [-0.15, -0.1) is 5.10 Å². The van der Waals surface area contributed by atoms with E-state index in [1.165, 1.54) is 17.3 Å². The first-order valence-corrected chi connectivity index (χ1v) is 9.75. The molecular weight excluding hydrogens is 342 g/mol. The lowest BCUT2D eigenvalue weighted by molar-refractivity contribution is -0.126. The second-order valence-electron chi connectivity index (χ2n) is 6.34. The highest BCUT2D eigenvalue weighted by Crippen LogP contribution is 2.31. The van der Waals surface area contributed by atoms with E-state index in [0.29, 0.717) is 11.7 Å². The number of benzene rings is 2. The van der Waals surface area contributed by atoms with Gasteiger partial charge in [0, 0.05) is 0 Å². The van der Waals surface area contributed by atoms with Crippen LogP contribution >= 0.6 is 11.8 Å². The van der Waals surface area contributed by atoms with E-state index >= 15 is 0 Å². The van der Waals surface area contributed by atoms with Gasteiger partial charge in [0.25, 0.3) is 0 Å². The molecule has 0 bridgehead atoms. The van der Waals surface area contributed by atoms with Crippen LogP contribution in [0.2, 0.25) is 0 Å². The van der Waals surface area contributed by atoms with Crippen molar-refractivity contribution in [2.24, 2.45) is 10.2 Å². The number of hydrogen-bond donors (Lipinski definition) is 0. The van der Waals surface area contributed by atoms with Crippen LogP contribution in [0.3, 0.4) is 0 Å². The molecule has 1 aliphatic rings. The van der Waals surface area contributed by atoms with Crippen LogP contribution in [0.4, 0.5) is 0 Å². The van der Waals surface area contributed by atoms with E-state index in [2.05, 4.69) is 24.1 Å². The number of amides is 1. The highest BCUT2D eigenvalue weighted by Gasteiger charge is 2.37. The van der Waals surface area contributed by atoms with Gasteiger partial charge in [-0.05, 0) is 24.5 Å². The smallest absolute Gasteiger partial charge is 0.242 e. The molecule has 5 heteroatoms. The first-order valence-electron chi connectivity index (χ1n) is 8.87. The van der Waals surface area contributed by atoms with Crippen molar-refractivity contribution in [3.63, 3.8) is 0 Å².